The molecular formula is C11H10ClNO4. The molecule has 1 aromatic carbocycles. The molecule has 0 saturated heterocycles. The number of esters is 1. The Hall–Kier alpha value is -1.61. The summed E-state index contributed by atoms with van der Waals surface area (Å²) in [5.74, 6) is -0.657. The van der Waals surface area contributed by atoms with Crippen molar-refractivity contribution in [3.8, 4) is 6.07 Å². The Morgan fingerprint density at radius 2 is 2.18 bits per heavy atom. The fourth-order valence-electron chi connectivity index (χ4n) is 1.25. The first-order valence-electron chi connectivity index (χ1n) is 4.64. The van der Waals surface area contributed by atoms with Crippen molar-refractivity contribution < 1.29 is 19.7 Å². The number of rotatable bonds is 3. The molecule has 6 heteroatoms. The number of benzene rings is 1. The highest BCUT2D eigenvalue weighted by Gasteiger charge is 2.20. The Morgan fingerprint density at radius 1 is 1.53 bits per heavy atom. The summed E-state index contributed by atoms with van der Waals surface area (Å²) in [6, 6.07) is 5.58. The third-order valence-corrected chi connectivity index (χ3v) is 2.50. The molecule has 90 valence electrons. The minimum atomic E-state index is -1.57. The topological polar surface area (TPSA) is 90.6 Å². The van der Waals surface area contributed by atoms with Crippen LogP contribution in [0.5, 0.6) is 0 Å². The number of ether oxygens (including phenoxy) is 1. The van der Waals surface area contributed by atoms with Gasteiger partial charge in [-0.05, 0) is 17.7 Å². The molecule has 0 spiro atoms. The predicted molar refractivity (Wildman–Crippen MR) is 59.4 cm³/mol. The van der Waals surface area contributed by atoms with Crippen molar-refractivity contribution in [3.05, 3.63) is 34.3 Å². The molecule has 17 heavy (non-hydrogen) atoms. The van der Waals surface area contributed by atoms with E-state index in [0.29, 0.717) is 0 Å². The summed E-state index contributed by atoms with van der Waals surface area (Å²) in [4.78, 5) is 11.3. The Morgan fingerprint density at radius 3 is 2.71 bits per heavy atom. The molecule has 0 heterocycles. The Labute approximate surface area is 103 Å². The Bertz CT molecular complexity index is 469. The molecule has 0 aliphatic heterocycles. The number of halogens is 1. The van der Waals surface area contributed by atoms with E-state index in [4.69, 9.17) is 16.9 Å². The van der Waals surface area contributed by atoms with Gasteiger partial charge >= 0.3 is 5.97 Å². The molecule has 2 N–H and O–H groups in total. The van der Waals surface area contributed by atoms with E-state index < -0.39 is 18.2 Å². The van der Waals surface area contributed by atoms with Crippen molar-refractivity contribution >= 4 is 17.6 Å². The van der Waals surface area contributed by atoms with Crippen molar-refractivity contribution in [1.29, 1.82) is 5.26 Å². The second-order valence-corrected chi connectivity index (χ2v) is 3.66. The zero-order chi connectivity index (χ0) is 13.0. The average molecular weight is 256 g/mol. The van der Waals surface area contributed by atoms with Gasteiger partial charge in [0.15, 0.2) is 6.10 Å². The molecule has 5 nitrogen and oxygen atoms in total. The molecular weight excluding hydrogens is 246 g/mol. The highest BCUT2D eigenvalue weighted by molar-refractivity contribution is 6.33. The second-order valence-electron chi connectivity index (χ2n) is 3.25. The lowest BCUT2D eigenvalue weighted by Gasteiger charge is -2.13. The van der Waals surface area contributed by atoms with Gasteiger partial charge in [0.2, 0.25) is 0 Å². The maximum atomic E-state index is 11.3. The largest absolute Gasteiger partial charge is 0.465 e. The van der Waals surface area contributed by atoms with E-state index in [0.717, 1.165) is 0 Å². The molecule has 0 fully saturated rings. The van der Waals surface area contributed by atoms with E-state index in [1.54, 1.807) is 0 Å². The lowest BCUT2D eigenvalue weighted by Crippen LogP contribution is -2.16. The van der Waals surface area contributed by atoms with E-state index in [1.807, 2.05) is 0 Å². The summed E-state index contributed by atoms with van der Waals surface area (Å²) in [5.41, 5.74) is 0.278. The maximum absolute atomic E-state index is 11.3. The molecule has 0 aliphatic carbocycles. The van der Waals surface area contributed by atoms with Crippen LogP contribution in [0.15, 0.2) is 18.2 Å². The molecule has 0 aromatic heterocycles. The second kappa shape index (κ2) is 5.64. The summed E-state index contributed by atoms with van der Waals surface area (Å²) >= 11 is 5.78. The first-order valence-corrected chi connectivity index (χ1v) is 5.02. The van der Waals surface area contributed by atoms with Crippen LogP contribution in [0.1, 0.15) is 22.0 Å². The van der Waals surface area contributed by atoms with Crippen molar-refractivity contribution in [1.82, 2.24) is 0 Å². The van der Waals surface area contributed by atoms with Gasteiger partial charge in [-0.2, -0.15) is 5.26 Å². The smallest absolute Gasteiger partial charge is 0.339 e. The molecule has 2 atom stereocenters. The lowest BCUT2D eigenvalue weighted by molar-refractivity contribution is 0.0522. The SMILES string of the molecule is COC(=O)c1cc(C(O)C(O)C#N)ccc1Cl. The summed E-state index contributed by atoms with van der Waals surface area (Å²) in [7, 11) is 1.20. The number of carbonyl (C=O) groups is 1. The number of aliphatic hydroxyl groups is 2. The molecule has 0 aliphatic rings. The fourth-order valence-corrected chi connectivity index (χ4v) is 1.44. The highest BCUT2D eigenvalue weighted by Crippen LogP contribution is 2.24. The van der Waals surface area contributed by atoms with Gasteiger partial charge in [-0.3, -0.25) is 0 Å². The third kappa shape index (κ3) is 2.94. The van der Waals surface area contributed by atoms with Crippen molar-refractivity contribution in [3.63, 3.8) is 0 Å². The molecule has 1 aromatic rings. The number of nitriles is 1. The molecule has 0 bridgehead atoms. The molecule has 2 unspecified atom stereocenters. The van der Waals surface area contributed by atoms with Crippen LogP contribution in [-0.4, -0.2) is 29.4 Å². The number of aliphatic hydroxyl groups excluding tert-OH is 2. The van der Waals surface area contributed by atoms with Crippen molar-refractivity contribution in [2.45, 2.75) is 12.2 Å². The van der Waals surface area contributed by atoms with Gasteiger partial charge in [0.1, 0.15) is 6.10 Å². The minimum Gasteiger partial charge on any atom is -0.465 e. The lowest BCUT2D eigenvalue weighted by atomic mass is 10.0. The summed E-state index contributed by atoms with van der Waals surface area (Å²) in [6.07, 6.45) is -2.97. The van der Waals surface area contributed by atoms with Crippen molar-refractivity contribution in [2.75, 3.05) is 7.11 Å². The van der Waals surface area contributed by atoms with Crippen LogP contribution in [0.3, 0.4) is 0 Å². The Balaban J connectivity index is 3.13. The van der Waals surface area contributed by atoms with E-state index in [1.165, 1.54) is 31.4 Å². The third-order valence-electron chi connectivity index (χ3n) is 2.17. The molecule has 0 saturated carbocycles. The molecule has 1 rings (SSSR count). The average Bonchev–Trinajstić information content (AvgIpc) is 2.36. The quantitative estimate of drug-likeness (QED) is 0.622. The van der Waals surface area contributed by atoms with Gasteiger partial charge in [0.05, 0.1) is 23.8 Å². The monoisotopic (exact) mass is 255 g/mol. The summed E-state index contributed by atoms with van der Waals surface area (Å²) in [5, 5.41) is 27.4. The van der Waals surface area contributed by atoms with Gasteiger partial charge in [0, 0.05) is 0 Å². The van der Waals surface area contributed by atoms with Gasteiger partial charge in [-0.25, -0.2) is 4.79 Å². The van der Waals surface area contributed by atoms with E-state index in [9.17, 15) is 15.0 Å². The van der Waals surface area contributed by atoms with Crippen molar-refractivity contribution in [2.24, 2.45) is 0 Å². The highest BCUT2D eigenvalue weighted by atomic mass is 35.5. The number of methoxy groups -OCH3 is 1. The van der Waals surface area contributed by atoms with E-state index >= 15 is 0 Å². The van der Waals surface area contributed by atoms with Gasteiger partial charge in [-0.15, -0.1) is 0 Å². The zero-order valence-electron chi connectivity index (χ0n) is 8.92. The van der Waals surface area contributed by atoms with E-state index in [-0.39, 0.29) is 16.1 Å². The van der Waals surface area contributed by atoms with Crippen LogP contribution < -0.4 is 0 Å². The van der Waals surface area contributed by atoms with Crippen LogP contribution in [0.25, 0.3) is 0 Å². The normalized spacial score (nSPS) is 13.6. The summed E-state index contributed by atoms with van der Waals surface area (Å²) < 4.78 is 4.51. The van der Waals surface area contributed by atoms with Crippen LogP contribution in [0.4, 0.5) is 0 Å². The number of hydrogen-bond donors (Lipinski definition) is 2. The summed E-state index contributed by atoms with van der Waals surface area (Å²) in [6.45, 7) is 0. The van der Waals surface area contributed by atoms with Gasteiger partial charge < -0.3 is 14.9 Å². The first-order chi connectivity index (χ1) is 8.01. The van der Waals surface area contributed by atoms with Crippen LogP contribution in [-0.2, 0) is 4.74 Å². The number of hydrogen-bond acceptors (Lipinski definition) is 5. The fraction of sp³-hybridized carbons (Fsp3) is 0.273. The minimum absolute atomic E-state index is 0.0656. The first kappa shape index (κ1) is 13.5. The molecule has 0 amide bonds. The van der Waals surface area contributed by atoms with Crippen LogP contribution in [0.2, 0.25) is 5.02 Å². The van der Waals surface area contributed by atoms with Gasteiger partial charge in [0.25, 0.3) is 0 Å². The van der Waals surface area contributed by atoms with Crippen LogP contribution >= 0.6 is 11.6 Å². The Kier molecular flexibility index (Phi) is 4.46. The zero-order valence-corrected chi connectivity index (χ0v) is 9.68. The number of carbonyl (C=O) groups excluding carboxylic acids is 1. The molecule has 0 radical (unpaired) electrons. The van der Waals surface area contributed by atoms with Crippen LogP contribution in [0, 0.1) is 11.3 Å². The standard InChI is InChI=1S/C11H10ClNO4/c1-17-11(16)7-4-6(2-3-8(7)12)10(15)9(14)5-13/h2-4,9-10,14-15H,1H3. The van der Waals surface area contributed by atoms with E-state index in [2.05, 4.69) is 4.74 Å². The predicted octanol–water partition coefficient (Wildman–Crippen LogP) is 1.04. The van der Waals surface area contributed by atoms with Gasteiger partial charge in [-0.1, -0.05) is 17.7 Å². The maximum Gasteiger partial charge on any atom is 0.339 e. The number of nitrogens with zero attached hydrogens (tertiary/aromatic N) is 1.